The fraction of sp³-hybridized carbons (Fsp3) is 0.333. The molecule has 1 atom stereocenters. The second-order valence-corrected chi connectivity index (χ2v) is 5.26. The van der Waals surface area contributed by atoms with Crippen LogP contribution in [0.25, 0.3) is 0 Å². The number of likely N-dealkylation sites (N-methyl/N-ethyl adjacent to an activating group) is 1. The molecule has 0 bridgehead atoms. The van der Waals surface area contributed by atoms with Crippen LogP contribution in [-0.2, 0) is 13.6 Å². The average molecular weight is 270 g/mol. The fourth-order valence-electron chi connectivity index (χ4n) is 2.74. The zero-order valence-corrected chi connectivity index (χ0v) is 11.7. The number of nitrogens with zero attached hydrogens (tertiary/aromatic N) is 3. The highest BCUT2D eigenvalue weighted by atomic mass is 16.2. The molecule has 1 unspecified atom stereocenters. The van der Waals surface area contributed by atoms with Crippen LogP contribution in [-0.4, -0.2) is 34.2 Å². The molecule has 0 radical (unpaired) electrons. The smallest absolute Gasteiger partial charge is 0.270 e. The van der Waals surface area contributed by atoms with Crippen LogP contribution in [0.1, 0.15) is 27.7 Å². The van der Waals surface area contributed by atoms with E-state index < -0.39 is 0 Å². The summed E-state index contributed by atoms with van der Waals surface area (Å²) < 4.78 is 1.59. The molecular weight excluding hydrogens is 252 g/mol. The van der Waals surface area contributed by atoms with Crippen LogP contribution < -0.4 is 5.32 Å². The molecule has 0 spiro atoms. The Kier molecular flexibility index (Phi) is 3.28. The normalized spacial score (nSPS) is 18.6. The van der Waals surface area contributed by atoms with Crippen molar-refractivity contribution in [1.29, 1.82) is 0 Å². The van der Waals surface area contributed by atoms with E-state index in [1.165, 1.54) is 11.1 Å². The van der Waals surface area contributed by atoms with Crippen molar-refractivity contribution < 1.29 is 4.79 Å². The average Bonchev–Trinajstić information content (AvgIpc) is 2.85. The largest absolute Gasteiger partial charge is 0.343 e. The molecule has 2 heterocycles. The predicted octanol–water partition coefficient (Wildman–Crippen LogP) is 1.34. The number of amides is 1. The number of benzene rings is 1. The van der Waals surface area contributed by atoms with Crippen molar-refractivity contribution in [1.82, 2.24) is 20.0 Å². The summed E-state index contributed by atoms with van der Waals surface area (Å²) in [5.41, 5.74) is 3.06. The van der Waals surface area contributed by atoms with Gasteiger partial charge in [0.25, 0.3) is 5.91 Å². The molecule has 1 aliphatic heterocycles. The van der Waals surface area contributed by atoms with E-state index in [9.17, 15) is 4.79 Å². The molecule has 5 nitrogen and oxygen atoms in total. The first kappa shape index (κ1) is 12.9. The molecule has 0 saturated heterocycles. The van der Waals surface area contributed by atoms with Gasteiger partial charge in [-0.1, -0.05) is 24.3 Å². The number of fused-ring (bicyclic) bond motifs is 1. The van der Waals surface area contributed by atoms with Gasteiger partial charge >= 0.3 is 0 Å². The van der Waals surface area contributed by atoms with Gasteiger partial charge in [-0.25, -0.2) is 0 Å². The Hall–Kier alpha value is -2.14. The monoisotopic (exact) mass is 270 g/mol. The van der Waals surface area contributed by atoms with Crippen LogP contribution in [0.15, 0.2) is 36.5 Å². The highest BCUT2D eigenvalue weighted by Gasteiger charge is 2.25. The van der Waals surface area contributed by atoms with Crippen LogP contribution in [0.5, 0.6) is 0 Å². The molecule has 0 fully saturated rings. The van der Waals surface area contributed by atoms with Gasteiger partial charge in [-0.2, -0.15) is 5.10 Å². The van der Waals surface area contributed by atoms with Gasteiger partial charge in [-0.05, 0) is 24.2 Å². The second kappa shape index (κ2) is 5.09. The summed E-state index contributed by atoms with van der Waals surface area (Å²) in [7, 11) is 3.84. The maximum Gasteiger partial charge on any atom is 0.270 e. The quantitative estimate of drug-likeness (QED) is 0.896. The van der Waals surface area contributed by atoms with Crippen molar-refractivity contribution >= 4 is 5.91 Å². The minimum Gasteiger partial charge on any atom is -0.343 e. The lowest BCUT2D eigenvalue weighted by Crippen LogP contribution is -2.40. The summed E-state index contributed by atoms with van der Waals surface area (Å²) >= 11 is 0. The molecule has 0 aliphatic carbocycles. The SMILES string of the molecule is CN1Cc2ccccc2C(NC(=O)c2ccnn2C)C1. The number of hydrogen-bond donors (Lipinski definition) is 1. The van der Waals surface area contributed by atoms with E-state index in [0.717, 1.165) is 13.1 Å². The topological polar surface area (TPSA) is 50.2 Å². The minimum atomic E-state index is -0.0832. The highest BCUT2D eigenvalue weighted by molar-refractivity contribution is 5.92. The van der Waals surface area contributed by atoms with Gasteiger partial charge in [0.05, 0.1) is 6.04 Å². The fourth-order valence-corrected chi connectivity index (χ4v) is 2.74. The summed E-state index contributed by atoms with van der Waals surface area (Å²) in [5, 5.41) is 7.14. The van der Waals surface area contributed by atoms with Crippen LogP contribution in [0, 0.1) is 0 Å². The lowest BCUT2D eigenvalue weighted by molar-refractivity contribution is 0.0912. The molecule has 104 valence electrons. The van der Waals surface area contributed by atoms with Gasteiger partial charge in [-0.3, -0.25) is 14.4 Å². The van der Waals surface area contributed by atoms with Gasteiger partial charge in [-0.15, -0.1) is 0 Å². The maximum absolute atomic E-state index is 12.3. The van der Waals surface area contributed by atoms with Crippen molar-refractivity contribution in [3.8, 4) is 0 Å². The third kappa shape index (κ3) is 2.32. The number of rotatable bonds is 2. The molecule has 1 aromatic heterocycles. The molecule has 0 saturated carbocycles. The lowest BCUT2D eigenvalue weighted by Gasteiger charge is -2.32. The van der Waals surface area contributed by atoms with Crippen LogP contribution in [0.4, 0.5) is 0 Å². The minimum absolute atomic E-state index is 0.0207. The Morgan fingerprint density at radius 2 is 2.10 bits per heavy atom. The van der Waals surface area contributed by atoms with E-state index in [4.69, 9.17) is 0 Å². The van der Waals surface area contributed by atoms with E-state index in [1.54, 1.807) is 24.0 Å². The van der Waals surface area contributed by atoms with Crippen molar-refractivity contribution in [3.63, 3.8) is 0 Å². The van der Waals surface area contributed by atoms with Crippen LogP contribution >= 0.6 is 0 Å². The molecule has 1 amide bonds. The Labute approximate surface area is 118 Å². The Morgan fingerprint density at radius 1 is 1.30 bits per heavy atom. The molecule has 1 N–H and O–H groups in total. The van der Waals surface area contributed by atoms with Crippen molar-refractivity contribution in [2.24, 2.45) is 7.05 Å². The molecular formula is C15H18N4O. The van der Waals surface area contributed by atoms with Gasteiger partial charge in [0.15, 0.2) is 0 Å². The predicted molar refractivity (Wildman–Crippen MR) is 76.2 cm³/mol. The van der Waals surface area contributed by atoms with E-state index in [-0.39, 0.29) is 11.9 Å². The molecule has 2 aromatic rings. The first-order valence-electron chi connectivity index (χ1n) is 6.70. The zero-order valence-electron chi connectivity index (χ0n) is 11.7. The molecule has 3 rings (SSSR count). The Morgan fingerprint density at radius 3 is 2.85 bits per heavy atom. The van der Waals surface area contributed by atoms with Crippen LogP contribution in [0.3, 0.4) is 0 Å². The van der Waals surface area contributed by atoms with E-state index in [2.05, 4.69) is 34.5 Å². The summed E-state index contributed by atoms with van der Waals surface area (Å²) in [6, 6.07) is 10.0. The Bertz CT molecular complexity index is 634. The third-order valence-corrected chi connectivity index (χ3v) is 3.72. The number of hydrogen-bond acceptors (Lipinski definition) is 3. The van der Waals surface area contributed by atoms with Crippen LogP contribution in [0.2, 0.25) is 0 Å². The standard InChI is InChI=1S/C15H18N4O/c1-18-9-11-5-3-4-6-12(11)13(10-18)17-15(20)14-7-8-16-19(14)2/h3-8,13H,9-10H2,1-2H3,(H,17,20). The van der Waals surface area contributed by atoms with E-state index in [0.29, 0.717) is 5.69 Å². The first-order chi connectivity index (χ1) is 9.65. The van der Waals surface area contributed by atoms with Crippen molar-refractivity contribution in [2.75, 3.05) is 13.6 Å². The highest BCUT2D eigenvalue weighted by Crippen LogP contribution is 2.25. The molecule has 1 aliphatic rings. The second-order valence-electron chi connectivity index (χ2n) is 5.26. The number of carbonyl (C=O) groups is 1. The van der Waals surface area contributed by atoms with Crippen molar-refractivity contribution in [3.05, 3.63) is 53.3 Å². The molecule has 20 heavy (non-hydrogen) atoms. The first-order valence-corrected chi connectivity index (χ1v) is 6.70. The Balaban J connectivity index is 1.84. The molecule has 5 heteroatoms. The van der Waals surface area contributed by atoms with Gasteiger partial charge in [0.1, 0.15) is 5.69 Å². The zero-order chi connectivity index (χ0) is 14.1. The lowest BCUT2D eigenvalue weighted by atomic mass is 9.95. The molecule has 1 aromatic carbocycles. The number of nitrogens with one attached hydrogen (secondary N) is 1. The van der Waals surface area contributed by atoms with Crippen molar-refractivity contribution in [2.45, 2.75) is 12.6 Å². The summed E-state index contributed by atoms with van der Waals surface area (Å²) in [6.45, 7) is 1.74. The van der Waals surface area contributed by atoms with E-state index >= 15 is 0 Å². The van der Waals surface area contributed by atoms with Gasteiger partial charge in [0.2, 0.25) is 0 Å². The van der Waals surface area contributed by atoms with Gasteiger partial charge in [0, 0.05) is 26.3 Å². The third-order valence-electron chi connectivity index (χ3n) is 3.72. The number of aryl methyl sites for hydroxylation is 1. The summed E-state index contributed by atoms with van der Waals surface area (Å²) in [5.74, 6) is -0.0832. The summed E-state index contributed by atoms with van der Waals surface area (Å²) in [4.78, 5) is 14.5. The van der Waals surface area contributed by atoms with Gasteiger partial charge < -0.3 is 5.32 Å². The number of aromatic nitrogens is 2. The summed E-state index contributed by atoms with van der Waals surface area (Å²) in [6.07, 6.45) is 1.63. The number of carbonyl (C=O) groups excluding carboxylic acids is 1. The van der Waals surface area contributed by atoms with E-state index in [1.807, 2.05) is 12.1 Å². The maximum atomic E-state index is 12.3.